The van der Waals surface area contributed by atoms with Crippen LogP contribution in [0.1, 0.15) is 36.0 Å². The quantitative estimate of drug-likeness (QED) is 0.545. The molecule has 0 aliphatic carbocycles. The van der Waals surface area contributed by atoms with Gasteiger partial charge in [0.2, 0.25) is 5.89 Å². The molecule has 0 radical (unpaired) electrons. The summed E-state index contributed by atoms with van der Waals surface area (Å²) in [6, 6.07) is 11.6. The number of carbonyl (C=O) groups excluding carboxylic acids is 1. The summed E-state index contributed by atoms with van der Waals surface area (Å²) in [5, 5.41) is 9.46. The minimum atomic E-state index is 0.0517. The Labute approximate surface area is 179 Å². The third kappa shape index (κ3) is 3.65. The first-order valence-corrected chi connectivity index (χ1v) is 10.5. The van der Waals surface area contributed by atoms with Gasteiger partial charge >= 0.3 is 0 Å². The summed E-state index contributed by atoms with van der Waals surface area (Å²) in [6.45, 7) is 6.66. The van der Waals surface area contributed by atoms with Crippen molar-refractivity contribution in [2.75, 3.05) is 31.1 Å². The number of carbonyl (C=O) groups is 1. The van der Waals surface area contributed by atoms with Gasteiger partial charge in [-0.05, 0) is 35.7 Å². The van der Waals surface area contributed by atoms with E-state index < -0.39 is 0 Å². The third-order valence-corrected chi connectivity index (χ3v) is 5.62. The molecule has 1 aliphatic heterocycles. The molecule has 8 nitrogen and oxygen atoms in total. The molecule has 1 aliphatic rings. The smallest absolute Gasteiger partial charge is 0.254 e. The fourth-order valence-electron chi connectivity index (χ4n) is 3.88. The van der Waals surface area contributed by atoms with Crippen molar-refractivity contribution in [3.05, 3.63) is 60.2 Å². The van der Waals surface area contributed by atoms with E-state index in [1.165, 1.54) is 0 Å². The zero-order chi connectivity index (χ0) is 21.4. The number of benzene rings is 1. The van der Waals surface area contributed by atoms with Crippen LogP contribution in [0.15, 0.2) is 53.2 Å². The monoisotopic (exact) mass is 416 g/mol. The first-order valence-electron chi connectivity index (χ1n) is 10.5. The lowest BCUT2D eigenvalue weighted by Crippen LogP contribution is -2.49. The molecule has 4 aromatic rings. The number of piperazine rings is 1. The lowest BCUT2D eigenvalue weighted by atomic mass is 10.1. The molecule has 31 heavy (non-hydrogen) atoms. The predicted octanol–water partition coefficient (Wildman–Crippen LogP) is 3.70. The van der Waals surface area contributed by atoms with E-state index in [0.29, 0.717) is 43.5 Å². The van der Waals surface area contributed by atoms with Crippen molar-refractivity contribution in [1.82, 2.24) is 25.1 Å². The van der Waals surface area contributed by atoms with Crippen molar-refractivity contribution >= 4 is 22.6 Å². The second kappa shape index (κ2) is 7.86. The molecule has 1 fully saturated rings. The van der Waals surface area contributed by atoms with Crippen LogP contribution in [-0.2, 0) is 0 Å². The molecular formula is C23H24N6O2. The molecule has 0 spiro atoms. The third-order valence-electron chi connectivity index (χ3n) is 5.62. The summed E-state index contributed by atoms with van der Waals surface area (Å²) in [5.41, 5.74) is 2.50. The van der Waals surface area contributed by atoms with E-state index in [-0.39, 0.29) is 11.8 Å². The van der Waals surface area contributed by atoms with E-state index in [9.17, 15) is 4.79 Å². The van der Waals surface area contributed by atoms with E-state index in [2.05, 4.69) is 25.1 Å². The van der Waals surface area contributed by atoms with Gasteiger partial charge in [-0.3, -0.25) is 4.79 Å². The molecule has 1 amide bonds. The number of hydrogen-bond donors (Lipinski definition) is 1. The van der Waals surface area contributed by atoms with Gasteiger partial charge in [-0.25, -0.2) is 4.98 Å². The first-order chi connectivity index (χ1) is 15.1. The van der Waals surface area contributed by atoms with Gasteiger partial charge in [0.05, 0.1) is 5.56 Å². The molecule has 1 saturated heterocycles. The summed E-state index contributed by atoms with van der Waals surface area (Å²) in [6.07, 6.45) is 3.65. The summed E-state index contributed by atoms with van der Waals surface area (Å²) < 4.78 is 5.85. The summed E-state index contributed by atoms with van der Waals surface area (Å²) >= 11 is 0. The lowest BCUT2D eigenvalue weighted by Gasteiger charge is -2.36. The average molecular weight is 416 g/mol. The van der Waals surface area contributed by atoms with Crippen molar-refractivity contribution < 1.29 is 9.21 Å². The largest absolute Gasteiger partial charge is 0.420 e. The van der Waals surface area contributed by atoms with Crippen LogP contribution in [0.3, 0.4) is 0 Å². The first kappa shape index (κ1) is 19.3. The molecule has 8 heteroatoms. The zero-order valence-electron chi connectivity index (χ0n) is 17.6. The van der Waals surface area contributed by atoms with Crippen molar-refractivity contribution in [3.8, 4) is 11.5 Å². The molecular weight excluding hydrogens is 392 g/mol. The highest BCUT2D eigenvalue weighted by molar-refractivity contribution is 5.98. The van der Waals surface area contributed by atoms with E-state index in [0.717, 1.165) is 22.3 Å². The fourth-order valence-corrected chi connectivity index (χ4v) is 3.88. The predicted molar refractivity (Wildman–Crippen MR) is 118 cm³/mol. The van der Waals surface area contributed by atoms with Gasteiger partial charge in [-0.1, -0.05) is 19.9 Å². The van der Waals surface area contributed by atoms with Crippen LogP contribution in [0.25, 0.3) is 22.4 Å². The fraction of sp³-hybridized carbons (Fsp3) is 0.304. The molecule has 5 rings (SSSR count). The summed E-state index contributed by atoms with van der Waals surface area (Å²) in [5.74, 6) is 2.11. The van der Waals surface area contributed by atoms with Crippen LogP contribution in [-0.4, -0.2) is 57.2 Å². The number of fused-ring (bicyclic) bond motifs is 1. The Morgan fingerprint density at radius 1 is 1.10 bits per heavy atom. The minimum Gasteiger partial charge on any atom is -0.420 e. The number of aromatic amines is 1. The number of hydrogen-bond acceptors (Lipinski definition) is 6. The van der Waals surface area contributed by atoms with Gasteiger partial charge in [-0.2, -0.15) is 0 Å². The SMILES string of the molecule is CC(C)c1nnc(-c2cccnc2N2CCN(C(=O)c3ccc4cc[nH]c4c3)CC2)o1. The number of pyridine rings is 1. The number of anilines is 1. The molecule has 0 saturated carbocycles. The van der Waals surface area contributed by atoms with Gasteiger partial charge in [0.1, 0.15) is 5.82 Å². The van der Waals surface area contributed by atoms with Crippen LogP contribution < -0.4 is 4.90 Å². The molecule has 4 heterocycles. The Kier molecular flexibility index (Phi) is 4.89. The molecule has 0 unspecified atom stereocenters. The highest BCUT2D eigenvalue weighted by atomic mass is 16.4. The molecule has 3 aromatic heterocycles. The average Bonchev–Trinajstić information content (AvgIpc) is 3.48. The number of H-pyrrole nitrogens is 1. The van der Waals surface area contributed by atoms with Crippen LogP contribution in [0.4, 0.5) is 5.82 Å². The second-order valence-corrected chi connectivity index (χ2v) is 8.03. The molecule has 0 atom stereocenters. The maximum atomic E-state index is 13.0. The van der Waals surface area contributed by atoms with Crippen LogP contribution in [0.2, 0.25) is 0 Å². The Balaban J connectivity index is 1.32. The van der Waals surface area contributed by atoms with E-state index in [1.807, 2.05) is 61.3 Å². The second-order valence-electron chi connectivity index (χ2n) is 8.03. The molecule has 0 bridgehead atoms. The zero-order valence-corrected chi connectivity index (χ0v) is 17.6. The van der Waals surface area contributed by atoms with Crippen molar-refractivity contribution in [2.45, 2.75) is 19.8 Å². The molecule has 1 aromatic carbocycles. The molecule has 158 valence electrons. The van der Waals surface area contributed by atoms with Crippen LogP contribution >= 0.6 is 0 Å². The Bertz CT molecular complexity index is 1220. The Morgan fingerprint density at radius 3 is 2.71 bits per heavy atom. The highest BCUT2D eigenvalue weighted by Crippen LogP contribution is 2.30. The summed E-state index contributed by atoms with van der Waals surface area (Å²) in [4.78, 5) is 24.8. The number of amides is 1. The number of nitrogens with one attached hydrogen (secondary N) is 1. The number of nitrogens with zero attached hydrogens (tertiary/aromatic N) is 5. The summed E-state index contributed by atoms with van der Waals surface area (Å²) in [7, 11) is 0. The van der Waals surface area contributed by atoms with Gasteiger partial charge in [0.15, 0.2) is 0 Å². The molecule has 1 N–H and O–H groups in total. The highest BCUT2D eigenvalue weighted by Gasteiger charge is 2.26. The van der Waals surface area contributed by atoms with Crippen molar-refractivity contribution in [1.29, 1.82) is 0 Å². The van der Waals surface area contributed by atoms with Crippen molar-refractivity contribution in [2.24, 2.45) is 0 Å². The Hall–Kier alpha value is -3.68. The maximum absolute atomic E-state index is 13.0. The normalized spacial score (nSPS) is 14.5. The number of aromatic nitrogens is 4. The van der Waals surface area contributed by atoms with E-state index >= 15 is 0 Å². The van der Waals surface area contributed by atoms with Crippen LogP contribution in [0, 0.1) is 0 Å². The maximum Gasteiger partial charge on any atom is 0.254 e. The van der Waals surface area contributed by atoms with E-state index in [4.69, 9.17) is 4.42 Å². The standard InChI is InChI=1S/C23H24N6O2/c1-15(2)21-26-27-22(31-21)18-4-3-8-25-20(18)28-10-12-29(13-11-28)23(30)17-6-5-16-7-9-24-19(16)14-17/h3-9,14-15,24H,10-13H2,1-2H3. The minimum absolute atomic E-state index is 0.0517. The Morgan fingerprint density at radius 2 is 1.94 bits per heavy atom. The van der Waals surface area contributed by atoms with Gasteiger partial charge in [0.25, 0.3) is 11.8 Å². The topological polar surface area (TPSA) is 91.2 Å². The number of rotatable bonds is 4. The van der Waals surface area contributed by atoms with E-state index in [1.54, 1.807) is 6.20 Å². The van der Waals surface area contributed by atoms with Gasteiger partial charge in [0, 0.05) is 55.6 Å². The van der Waals surface area contributed by atoms with Crippen molar-refractivity contribution in [3.63, 3.8) is 0 Å². The van der Waals surface area contributed by atoms with Crippen LogP contribution in [0.5, 0.6) is 0 Å². The lowest BCUT2D eigenvalue weighted by molar-refractivity contribution is 0.0746. The van der Waals surface area contributed by atoms with Gasteiger partial charge < -0.3 is 19.2 Å². The van der Waals surface area contributed by atoms with Gasteiger partial charge in [-0.15, -0.1) is 10.2 Å².